The molecular weight excluding hydrogens is 384 g/mol. The molecule has 160 valence electrons. The maximum atomic E-state index is 8.58. The fourth-order valence-corrected chi connectivity index (χ4v) is 2.77. The predicted molar refractivity (Wildman–Crippen MR) is 121 cm³/mol. The van der Waals surface area contributed by atoms with Crippen LogP contribution in [0.15, 0.2) is 35.5 Å². The number of aromatic nitrogens is 2. The molecular formula is C20H28N8O2. The number of nitrogens with zero attached hydrogens (tertiary/aromatic N) is 3. The van der Waals surface area contributed by atoms with Crippen LogP contribution in [0.3, 0.4) is 0 Å². The van der Waals surface area contributed by atoms with Gasteiger partial charge >= 0.3 is 0 Å². The van der Waals surface area contributed by atoms with Crippen LogP contribution < -0.4 is 27.4 Å². The predicted octanol–water partition coefficient (Wildman–Crippen LogP) is 2.09. The van der Waals surface area contributed by atoms with E-state index in [-0.39, 0.29) is 12.3 Å². The van der Waals surface area contributed by atoms with Crippen molar-refractivity contribution in [3.63, 3.8) is 0 Å². The summed E-state index contributed by atoms with van der Waals surface area (Å²) >= 11 is 0. The maximum Gasteiger partial charge on any atom is 0.204 e. The van der Waals surface area contributed by atoms with Gasteiger partial charge in [-0.2, -0.15) is 0 Å². The first-order chi connectivity index (χ1) is 14.5. The summed E-state index contributed by atoms with van der Waals surface area (Å²) in [4.78, 5) is 12.7. The number of nitrogen functional groups attached to an aromatic ring is 1. The number of benzene rings is 1. The van der Waals surface area contributed by atoms with Gasteiger partial charge in [-0.1, -0.05) is 13.0 Å². The number of rotatable bonds is 2. The number of ether oxygens (including phenoxy) is 1. The Hall–Kier alpha value is -3.66. The molecule has 1 unspecified atom stereocenters. The Morgan fingerprint density at radius 1 is 1.33 bits per heavy atom. The van der Waals surface area contributed by atoms with Crippen LogP contribution in [0.4, 0.5) is 28.7 Å². The van der Waals surface area contributed by atoms with Crippen LogP contribution in [0, 0.1) is 5.92 Å². The van der Waals surface area contributed by atoms with Crippen LogP contribution in [0.5, 0.6) is 0 Å². The van der Waals surface area contributed by atoms with Crippen LogP contribution in [0.1, 0.15) is 18.1 Å². The van der Waals surface area contributed by atoms with Crippen LogP contribution >= 0.6 is 0 Å². The molecule has 4 rings (SSSR count). The number of nitrogens with two attached hydrogens (primary N) is 2. The van der Waals surface area contributed by atoms with Crippen LogP contribution in [-0.4, -0.2) is 43.5 Å². The van der Waals surface area contributed by atoms with Gasteiger partial charge in [0.15, 0.2) is 11.6 Å². The Bertz CT molecular complexity index is 914. The van der Waals surface area contributed by atoms with Crippen molar-refractivity contribution in [3.05, 3.63) is 41.6 Å². The molecule has 2 aliphatic rings. The number of nitrogens with one attached hydrogen (secondary N) is 3. The maximum absolute atomic E-state index is 8.58. The Morgan fingerprint density at radius 3 is 2.80 bits per heavy atom. The SMILES string of the molecule is CN=Cc1cc2cc(c1N)Nc1cc(NC)c(nn1)N/C=C/C(C)COC2.NC=O. The zero-order chi connectivity index (χ0) is 21.9. The quantitative estimate of drug-likeness (QED) is 0.285. The average Bonchev–Trinajstić information content (AvgIpc) is 2.73. The summed E-state index contributed by atoms with van der Waals surface area (Å²) in [6, 6.07) is 5.83. The highest BCUT2D eigenvalue weighted by atomic mass is 16.5. The highest BCUT2D eigenvalue weighted by Crippen LogP contribution is 2.29. The molecule has 4 bridgehead atoms. The van der Waals surface area contributed by atoms with E-state index in [0.717, 1.165) is 22.5 Å². The molecule has 1 amide bonds. The zero-order valence-electron chi connectivity index (χ0n) is 17.3. The molecule has 1 aromatic carbocycles. The van der Waals surface area contributed by atoms with Crippen LogP contribution in [0.2, 0.25) is 0 Å². The lowest BCUT2D eigenvalue weighted by Gasteiger charge is -2.15. The molecule has 0 saturated carbocycles. The average molecular weight is 412 g/mol. The lowest BCUT2D eigenvalue weighted by molar-refractivity contribution is -0.106. The first-order valence-electron chi connectivity index (χ1n) is 9.35. The summed E-state index contributed by atoms with van der Waals surface area (Å²) in [5, 5.41) is 18.0. The molecule has 7 N–H and O–H groups in total. The minimum atomic E-state index is 0.246. The minimum absolute atomic E-state index is 0.246. The summed E-state index contributed by atoms with van der Waals surface area (Å²) in [5.74, 6) is 1.47. The number of carbonyl (C=O) groups is 1. The van der Waals surface area contributed by atoms with Gasteiger partial charge in [-0.15, -0.1) is 10.2 Å². The fourth-order valence-electron chi connectivity index (χ4n) is 2.77. The number of fused-ring (bicyclic) bond motifs is 7. The molecule has 2 aliphatic heterocycles. The van der Waals surface area contributed by atoms with Crippen molar-refractivity contribution in [2.45, 2.75) is 13.5 Å². The Kier molecular flexibility index (Phi) is 8.57. The van der Waals surface area contributed by atoms with Crippen molar-refractivity contribution in [2.24, 2.45) is 16.6 Å². The third kappa shape index (κ3) is 6.17. The molecule has 10 heteroatoms. The number of primary amides is 1. The van der Waals surface area contributed by atoms with Gasteiger partial charge < -0.3 is 32.2 Å². The van der Waals surface area contributed by atoms with E-state index in [1.165, 1.54) is 0 Å². The van der Waals surface area contributed by atoms with Gasteiger partial charge in [0.1, 0.15) is 0 Å². The lowest BCUT2D eigenvalue weighted by atomic mass is 10.1. The van der Waals surface area contributed by atoms with E-state index in [9.17, 15) is 0 Å². The van der Waals surface area contributed by atoms with Gasteiger partial charge in [0, 0.05) is 31.9 Å². The molecule has 10 nitrogen and oxygen atoms in total. The topological polar surface area (TPSA) is 153 Å². The molecule has 0 aliphatic carbocycles. The molecule has 1 atom stereocenters. The monoisotopic (exact) mass is 412 g/mol. The number of anilines is 5. The zero-order valence-corrected chi connectivity index (χ0v) is 17.3. The highest BCUT2D eigenvalue weighted by molar-refractivity contribution is 5.93. The number of hydrogen-bond donors (Lipinski definition) is 5. The van der Waals surface area contributed by atoms with Crippen molar-refractivity contribution in [1.29, 1.82) is 0 Å². The van der Waals surface area contributed by atoms with E-state index in [1.807, 2.05) is 37.5 Å². The van der Waals surface area contributed by atoms with E-state index < -0.39 is 0 Å². The van der Waals surface area contributed by atoms with Gasteiger partial charge in [-0.05, 0) is 29.8 Å². The Labute approximate surface area is 175 Å². The molecule has 30 heavy (non-hydrogen) atoms. The summed E-state index contributed by atoms with van der Waals surface area (Å²) in [7, 11) is 3.56. The lowest BCUT2D eigenvalue weighted by Crippen LogP contribution is -2.06. The van der Waals surface area contributed by atoms with Gasteiger partial charge in [0.05, 0.1) is 30.3 Å². The van der Waals surface area contributed by atoms with Crippen molar-refractivity contribution in [3.8, 4) is 0 Å². The summed E-state index contributed by atoms with van der Waals surface area (Å²) in [6.45, 7) is 3.18. The number of amides is 1. The number of hydrogen-bond acceptors (Lipinski definition) is 9. The fraction of sp³-hybridized carbons (Fsp3) is 0.300. The molecule has 0 fully saturated rings. The molecule has 3 heterocycles. The second kappa shape index (κ2) is 11.4. The first kappa shape index (κ1) is 22.6. The van der Waals surface area contributed by atoms with Crippen molar-refractivity contribution in [2.75, 3.05) is 42.4 Å². The van der Waals surface area contributed by atoms with Crippen molar-refractivity contribution < 1.29 is 9.53 Å². The number of aliphatic imine (C=N–C) groups is 1. The summed E-state index contributed by atoms with van der Waals surface area (Å²) in [5.41, 5.74) is 14.5. The Balaban J connectivity index is 0.00000101. The molecule has 2 aromatic rings. The van der Waals surface area contributed by atoms with Gasteiger partial charge in [-0.25, -0.2) is 0 Å². The normalized spacial score (nSPS) is 16.8. The van der Waals surface area contributed by atoms with Gasteiger partial charge in [-0.3, -0.25) is 9.79 Å². The van der Waals surface area contributed by atoms with E-state index >= 15 is 0 Å². The third-order valence-corrected chi connectivity index (χ3v) is 4.16. The Morgan fingerprint density at radius 2 is 2.10 bits per heavy atom. The highest BCUT2D eigenvalue weighted by Gasteiger charge is 2.12. The van der Waals surface area contributed by atoms with E-state index in [1.54, 1.807) is 13.3 Å². The van der Waals surface area contributed by atoms with Crippen LogP contribution in [0.25, 0.3) is 0 Å². The third-order valence-electron chi connectivity index (χ3n) is 4.16. The molecule has 0 radical (unpaired) electrons. The summed E-state index contributed by atoms with van der Waals surface area (Å²) in [6.07, 6.45) is 5.89. The van der Waals surface area contributed by atoms with Crippen LogP contribution in [-0.2, 0) is 16.1 Å². The van der Waals surface area contributed by atoms with Crippen molar-refractivity contribution in [1.82, 2.24) is 10.2 Å². The summed E-state index contributed by atoms with van der Waals surface area (Å²) < 4.78 is 5.87. The largest absolute Gasteiger partial charge is 0.397 e. The number of carbonyl (C=O) groups excluding carboxylic acids is 1. The molecule has 0 spiro atoms. The van der Waals surface area contributed by atoms with E-state index in [2.05, 4.69) is 43.8 Å². The first-order valence-corrected chi connectivity index (χ1v) is 9.35. The minimum Gasteiger partial charge on any atom is -0.397 e. The van der Waals surface area contributed by atoms with E-state index in [4.69, 9.17) is 15.3 Å². The second-order valence-corrected chi connectivity index (χ2v) is 6.53. The van der Waals surface area contributed by atoms with Gasteiger partial charge in [0.25, 0.3) is 0 Å². The standard InChI is InChI=1S/C19H25N7O.CH3NO/c1-12-4-5-23-19-16(22-3)8-17(25-26-19)24-15-7-13(11-27-10-12)6-14(9-21-2)18(15)20;2-1-3/h4-9,12H,10-11,20H2,1-3H3,(H,23,26)(H2,22,24,25);1H,(H2,2,3)/b5-4+,21-9?;. The van der Waals surface area contributed by atoms with E-state index in [0.29, 0.717) is 30.5 Å². The van der Waals surface area contributed by atoms with Gasteiger partial charge in [0.2, 0.25) is 6.41 Å². The smallest absolute Gasteiger partial charge is 0.204 e. The van der Waals surface area contributed by atoms with Crippen molar-refractivity contribution >= 4 is 41.3 Å². The molecule has 1 aromatic heterocycles. The second-order valence-electron chi connectivity index (χ2n) is 6.53. The molecule has 0 saturated heterocycles.